The molecule has 8 heteroatoms. The van der Waals surface area contributed by atoms with Crippen LogP contribution in [0.1, 0.15) is 19.3 Å². The van der Waals surface area contributed by atoms with E-state index in [9.17, 15) is 4.79 Å². The maximum absolute atomic E-state index is 12.7. The van der Waals surface area contributed by atoms with Gasteiger partial charge in [-0.1, -0.05) is 35.9 Å². The number of carbonyl (C=O) groups excluding carboxylic acids is 1. The van der Waals surface area contributed by atoms with Crippen molar-refractivity contribution in [2.45, 2.75) is 24.8 Å². The molecule has 0 unspecified atom stereocenters. The molecule has 32 heavy (non-hydrogen) atoms. The fourth-order valence-corrected chi connectivity index (χ4v) is 5.25. The van der Waals surface area contributed by atoms with Gasteiger partial charge in [0, 0.05) is 39.6 Å². The van der Waals surface area contributed by atoms with E-state index in [0.29, 0.717) is 16.7 Å². The molecule has 7 rings (SSSR count). The van der Waals surface area contributed by atoms with Crippen LogP contribution in [0, 0.1) is 5.41 Å². The van der Waals surface area contributed by atoms with Crippen LogP contribution < -0.4 is 16.4 Å². The third-order valence-corrected chi connectivity index (χ3v) is 6.79. The first-order valence-electron chi connectivity index (χ1n) is 10.5. The number of rotatable bonds is 5. The Morgan fingerprint density at radius 2 is 1.88 bits per heavy atom. The Labute approximate surface area is 189 Å². The highest BCUT2D eigenvalue weighted by atomic mass is 35.5. The molecule has 0 saturated heterocycles. The van der Waals surface area contributed by atoms with Crippen LogP contribution >= 0.6 is 11.6 Å². The van der Waals surface area contributed by atoms with E-state index in [1.807, 2.05) is 54.7 Å². The molecule has 3 fully saturated rings. The van der Waals surface area contributed by atoms with Crippen molar-refractivity contribution in [3.63, 3.8) is 0 Å². The molecule has 0 aliphatic heterocycles. The van der Waals surface area contributed by atoms with Gasteiger partial charge in [-0.05, 0) is 43.5 Å². The topological polar surface area (TPSA) is 109 Å². The molecule has 1 amide bonds. The van der Waals surface area contributed by atoms with Gasteiger partial charge in [-0.3, -0.25) is 4.79 Å². The first-order chi connectivity index (χ1) is 15.4. The van der Waals surface area contributed by atoms with Crippen LogP contribution in [0.25, 0.3) is 22.2 Å². The van der Waals surface area contributed by atoms with Crippen molar-refractivity contribution in [2.75, 3.05) is 10.6 Å². The van der Waals surface area contributed by atoms with Crippen LogP contribution in [0.3, 0.4) is 0 Å². The van der Waals surface area contributed by atoms with Crippen LogP contribution in [0.5, 0.6) is 0 Å². The maximum Gasteiger partial charge on any atom is 0.230 e. The minimum absolute atomic E-state index is 0.0475. The quantitative estimate of drug-likeness (QED) is 0.352. The second-order valence-electron chi connectivity index (χ2n) is 8.97. The smallest absolute Gasteiger partial charge is 0.230 e. The van der Waals surface area contributed by atoms with E-state index in [0.717, 1.165) is 47.1 Å². The number of anilines is 3. The number of hydrogen-bond donors (Lipinski definition) is 4. The second kappa shape index (κ2) is 6.79. The zero-order chi connectivity index (χ0) is 21.9. The number of carbonyl (C=O) groups is 1. The number of benzene rings is 2. The third-order valence-electron chi connectivity index (χ3n) is 6.52. The van der Waals surface area contributed by atoms with Gasteiger partial charge in [0.1, 0.15) is 0 Å². The van der Waals surface area contributed by atoms with Gasteiger partial charge in [0.2, 0.25) is 11.9 Å². The molecule has 160 valence electrons. The molecule has 3 aliphatic rings. The summed E-state index contributed by atoms with van der Waals surface area (Å²) in [5.74, 6) is 0.467. The first kappa shape index (κ1) is 19.3. The normalized spacial score (nSPS) is 23.3. The van der Waals surface area contributed by atoms with Crippen LogP contribution in [-0.4, -0.2) is 26.4 Å². The molecule has 0 atom stereocenters. The summed E-state index contributed by atoms with van der Waals surface area (Å²) in [5, 5.41) is 7.75. The Balaban J connectivity index is 1.24. The Hall–Kier alpha value is -3.42. The molecule has 0 radical (unpaired) electrons. The molecule has 2 aromatic heterocycles. The number of halogens is 1. The summed E-state index contributed by atoms with van der Waals surface area (Å²) >= 11 is 6.43. The lowest BCUT2D eigenvalue weighted by atomic mass is 9.39. The van der Waals surface area contributed by atoms with Crippen molar-refractivity contribution >= 4 is 45.7 Å². The highest BCUT2D eigenvalue weighted by molar-refractivity contribution is 6.33. The van der Waals surface area contributed by atoms with Gasteiger partial charge in [0.15, 0.2) is 0 Å². The minimum Gasteiger partial charge on any atom is -0.360 e. The van der Waals surface area contributed by atoms with Crippen molar-refractivity contribution < 1.29 is 4.79 Å². The predicted molar refractivity (Wildman–Crippen MR) is 126 cm³/mol. The number of nitrogens with zero attached hydrogens (tertiary/aromatic N) is 2. The fourth-order valence-electron chi connectivity index (χ4n) is 5.06. The summed E-state index contributed by atoms with van der Waals surface area (Å²) in [5.41, 5.74) is 9.77. The molecular formula is C24H21ClN6O. The van der Waals surface area contributed by atoms with E-state index in [4.69, 9.17) is 17.3 Å². The molecular weight excluding hydrogens is 424 g/mol. The highest BCUT2D eigenvalue weighted by Crippen LogP contribution is 2.66. The molecule has 2 heterocycles. The fraction of sp³-hybridized carbons (Fsp3) is 0.208. The standard InChI is InChI=1S/C24H21ClN6O/c25-18-10-28-22(31-20(18)17-9-27-19-7-2-1-6-16(17)19)30-15-5-3-4-14(8-15)29-21(32)23-11-24(26,12-23)13-23/h1-10,27H,11-13,26H2,(H,29,32)(H,28,30,31). The van der Waals surface area contributed by atoms with Crippen molar-refractivity contribution in [1.82, 2.24) is 15.0 Å². The summed E-state index contributed by atoms with van der Waals surface area (Å²) in [4.78, 5) is 24.9. The lowest BCUT2D eigenvalue weighted by Crippen LogP contribution is -2.75. The lowest BCUT2D eigenvalue weighted by Gasteiger charge is -2.67. The molecule has 4 aromatic rings. The largest absolute Gasteiger partial charge is 0.360 e. The van der Waals surface area contributed by atoms with Crippen LogP contribution in [0.15, 0.2) is 60.9 Å². The molecule has 3 saturated carbocycles. The summed E-state index contributed by atoms with van der Waals surface area (Å²) in [6.45, 7) is 0. The number of fused-ring (bicyclic) bond motifs is 1. The van der Waals surface area contributed by atoms with E-state index < -0.39 is 0 Å². The summed E-state index contributed by atoms with van der Waals surface area (Å²) in [6, 6.07) is 15.5. The molecule has 2 aromatic carbocycles. The molecule has 3 aliphatic carbocycles. The SMILES string of the molecule is NC12CC(C(=O)Nc3cccc(Nc4ncc(Cl)c(-c5c[nH]c6ccccc56)n4)c3)(C1)C2. The Kier molecular flexibility index (Phi) is 4.09. The van der Waals surface area contributed by atoms with E-state index >= 15 is 0 Å². The summed E-state index contributed by atoms with van der Waals surface area (Å²) < 4.78 is 0. The van der Waals surface area contributed by atoms with E-state index in [1.165, 1.54) is 0 Å². The zero-order valence-electron chi connectivity index (χ0n) is 17.2. The van der Waals surface area contributed by atoms with E-state index in [2.05, 4.69) is 25.6 Å². The van der Waals surface area contributed by atoms with Crippen LogP contribution in [-0.2, 0) is 4.79 Å². The molecule has 2 bridgehead atoms. The maximum atomic E-state index is 12.7. The number of nitrogens with one attached hydrogen (secondary N) is 3. The molecule has 0 spiro atoms. The number of aromatic nitrogens is 3. The number of H-pyrrole nitrogens is 1. The van der Waals surface area contributed by atoms with E-state index in [1.54, 1.807) is 6.20 Å². The monoisotopic (exact) mass is 444 g/mol. The zero-order valence-corrected chi connectivity index (χ0v) is 17.9. The van der Waals surface area contributed by atoms with Gasteiger partial charge in [-0.2, -0.15) is 0 Å². The Morgan fingerprint density at radius 1 is 1.09 bits per heavy atom. The van der Waals surface area contributed by atoms with Gasteiger partial charge in [-0.15, -0.1) is 0 Å². The Bertz CT molecular complexity index is 1360. The molecule has 7 nitrogen and oxygen atoms in total. The average molecular weight is 445 g/mol. The van der Waals surface area contributed by atoms with Gasteiger partial charge in [-0.25, -0.2) is 9.97 Å². The minimum atomic E-state index is -0.272. The number of nitrogens with two attached hydrogens (primary N) is 1. The Morgan fingerprint density at radius 3 is 2.69 bits per heavy atom. The number of amides is 1. The van der Waals surface area contributed by atoms with Crippen molar-refractivity contribution in [2.24, 2.45) is 11.1 Å². The highest BCUT2D eigenvalue weighted by Gasteiger charge is 2.69. The number of aromatic amines is 1. The predicted octanol–water partition coefficient (Wildman–Crippen LogP) is 4.84. The van der Waals surface area contributed by atoms with Gasteiger partial charge in [0.25, 0.3) is 0 Å². The first-order valence-corrected chi connectivity index (χ1v) is 10.9. The van der Waals surface area contributed by atoms with Gasteiger partial charge >= 0.3 is 0 Å². The van der Waals surface area contributed by atoms with Gasteiger partial charge in [0.05, 0.1) is 22.3 Å². The van der Waals surface area contributed by atoms with E-state index in [-0.39, 0.29) is 16.9 Å². The average Bonchev–Trinajstić information content (AvgIpc) is 3.16. The van der Waals surface area contributed by atoms with Crippen molar-refractivity contribution in [3.8, 4) is 11.3 Å². The second-order valence-corrected chi connectivity index (χ2v) is 9.38. The number of para-hydroxylation sites is 1. The third kappa shape index (κ3) is 3.04. The van der Waals surface area contributed by atoms with Crippen molar-refractivity contribution in [1.29, 1.82) is 0 Å². The summed E-state index contributed by atoms with van der Waals surface area (Å²) in [6.07, 6.45) is 5.82. The molecule has 5 N–H and O–H groups in total. The lowest BCUT2D eigenvalue weighted by molar-refractivity contribution is -0.166. The number of hydrogen-bond acceptors (Lipinski definition) is 5. The van der Waals surface area contributed by atoms with Crippen LogP contribution in [0.2, 0.25) is 5.02 Å². The van der Waals surface area contributed by atoms with Gasteiger partial charge < -0.3 is 21.4 Å². The van der Waals surface area contributed by atoms with Crippen LogP contribution in [0.4, 0.5) is 17.3 Å². The summed E-state index contributed by atoms with van der Waals surface area (Å²) in [7, 11) is 0. The van der Waals surface area contributed by atoms with Crippen molar-refractivity contribution in [3.05, 3.63) is 65.9 Å².